The van der Waals surface area contributed by atoms with Gasteiger partial charge in [-0.25, -0.2) is 9.59 Å². The number of hydrogen-bond acceptors (Lipinski definition) is 10. The first-order valence-electron chi connectivity index (χ1n) is 12.8. The zero-order valence-electron chi connectivity index (χ0n) is 22.3. The summed E-state index contributed by atoms with van der Waals surface area (Å²) in [7, 11) is 0. The summed E-state index contributed by atoms with van der Waals surface area (Å²) < 4.78 is 21.8. The Morgan fingerprint density at radius 1 is 0.675 bits per heavy atom. The van der Waals surface area contributed by atoms with Crippen LogP contribution in [0.3, 0.4) is 0 Å². The number of benzene rings is 2. The summed E-state index contributed by atoms with van der Waals surface area (Å²) in [5.41, 5.74) is 1.21. The number of carbonyl (C=O) groups is 4. The van der Waals surface area contributed by atoms with Gasteiger partial charge in [-0.1, -0.05) is 24.3 Å². The molecule has 2 aromatic rings. The van der Waals surface area contributed by atoms with Crippen LogP contribution in [0.2, 0.25) is 0 Å². The van der Waals surface area contributed by atoms with Crippen LogP contribution in [-0.2, 0) is 19.1 Å². The molecule has 0 saturated carbocycles. The Bertz CT molecular complexity index is 969. The van der Waals surface area contributed by atoms with Crippen LogP contribution in [0.4, 0.5) is 0 Å². The lowest BCUT2D eigenvalue weighted by atomic mass is 10.2. The number of aldehydes is 2. The number of ether oxygens (including phenoxy) is 4. The molecule has 0 unspecified atom stereocenters. The molecule has 0 aromatic heterocycles. The second-order valence-electron chi connectivity index (χ2n) is 8.53. The first kappa shape index (κ1) is 32.4. The molecule has 0 amide bonds. The number of aliphatic carboxylic acids is 2. The molecule has 0 radical (unpaired) electrons. The Labute approximate surface area is 233 Å². The highest BCUT2D eigenvalue weighted by molar-refractivity contribution is 6.27. The summed E-state index contributed by atoms with van der Waals surface area (Å²) in [6, 6.07) is 14.6. The molecular formula is C28H36N2O10. The molecule has 2 N–H and O–H groups in total. The van der Waals surface area contributed by atoms with Gasteiger partial charge in [0.15, 0.2) is 12.6 Å². The average molecular weight is 561 g/mol. The molecule has 12 heteroatoms. The summed E-state index contributed by atoms with van der Waals surface area (Å²) >= 11 is 0. The van der Waals surface area contributed by atoms with E-state index < -0.39 is 11.9 Å². The molecule has 218 valence electrons. The van der Waals surface area contributed by atoms with Gasteiger partial charge in [-0.05, 0) is 24.3 Å². The Hall–Kier alpha value is -3.84. The number of rotatable bonds is 10. The normalized spacial score (nSPS) is 15.3. The molecule has 2 fully saturated rings. The van der Waals surface area contributed by atoms with Crippen LogP contribution in [0.15, 0.2) is 48.5 Å². The fourth-order valence-corrected chi connectivity index (χ4v) is 3.64. The number of morpholine rings is 2. The van der Waals surface area contributed by atoms with Crippen LogP contribution in [0.1, 0.15) is 20.7 Å². The molecule has 40 heavy (non-hydrogen) atoms. The maximum absolute atomic E-state index is 10.8. The molecule has 2 aromatic carbocycles. The Balaban J connectivity index is 0.000000234. The molecule has 12 nitrogen and oxygen atoms in total. The Morgan fingerprint density at radius 2 is 1.02 bits per heavy atom. The van der Waals surface area contributed by atoms with Gasteiger partial charge in [-0.2, -0.15) is 0 Å². The summed E-state index contributed by atoms with van der Waals surface area (Å²) in [6.07, 6.45) is 1.65. The van der Waals surface area contributed by atoms with Crippen LogP contribution in [0.5, 0.6) is 11.5 Å². The predicted octanol–water partition coefficient (Wildman–Crippen LogP) is 1.58. The Morgan fingerprint density at radius 3 is 1.35 bits per heavy atom. The van der Waals surface area contributed by atoms with Gasteiger partial charge in [0.2, 0.25) is 0 Å². The van der Waals surface area contributed by atoms with E-state index in [0.29, 0.717) is 35.8 Å². The lowest BCUT2D eigenvalue weighted by molar-refractivity contribution is -0.159. The van der Waals surface area contributed by atoms with E-state index in [1.54, 1.807) is 12.1 Å². The topological polar surface area (TPSA) is 152 Å². The second kappa shape index (κ2) is 19.3. The molecule has 2 aliphatic rings. The lowest BCUT2D eigenvalue weighted by Gasteiger charge is -2.26. The summed E-state index contributed by atoms with van der Waals surface area (Å²) in [4.78, 5) is 44.4. The first-order valence-corrected chi connectivity index (χ1v) is 12.8. The number of carboxylic acids is 2. The molecule has 2 aliphatic heterocycles. The Kier molecular flexibility index (Phi) is 15.6. The average Bonchev–Trinajstić information content (AvgIpc) is 2.99. The van der Waals surface area contributed by atoms with Crippen molar-refractivity contribution < 1.29 is 48.3 Å². The SMILES string of the molecule is O=C(O)C(=O)O.O=Cc1ccccc1OCCN1CCOCC1.O=Cc1ccccc1OCCN1CCOCC1. The monoisotopic (exact) mass is 560 g/mol. The smallest absolute Gasteiger partial charge is 0.414 e. The minimum atomic E-state index is -1.82. The molecule has 0 spiro atoms. The van der Waals surface area contributed by atoms with Gasteiger partial charge in [0.25, 0.3) is 0 Å². The first-order chi connectivity index (χ1) is 19.4. The minimum absolute atomic E-state index is 0.602. The van der Waals surface area contributed by atoms with Gasteiger partial charge in [0.1, 0.15) is 24.7 Å². The summed E-state index contributed by atoms with van der Waals surface area (Å²) in [6.45, 7) is 9.96. The van der Waals surface area contributed by atoms with Gasteiger partial charge in [-0.3, -0.25) is 19.4 Å². The van der Waals surface area contributed by atoms with E-state index in [4.69, 9.17) is 38.7 Å². The van der Waals surface area contributed by atoms with Gasteiger partial charge in [0.05, 0.1) is 37.6 Å². The number of carbonyl (C=O) groups excluding carboxylic acids is 2. The van der Waals surface area contributed by atoms with E-state index >= 15 is 0 Å². The molecule has 2 saturated heterocycles. The zero-order valence-corrected chi connectivity index (χ0v) is 22.3. The minimum Gasteiger partial charge on any atom is -0.492 e. The molecule has 0 aliphatic carbocycles. The van der Waals surface area contributed by atoms with E-state index in [1.165, 1.54) is 0 Å². The maximum Gasteiger partial charge on any atom is 0.414 e. The van der Waals surface area contributed by atoms with E-state index in [0.717, 1.165) is 78.3 Å². The van der Waals surface area contributed by atoms with Gasteiger partial charge >= 0.3 is 11.9 Å². The lowest BCUT2D eigenvalue weighted by Crippen LogP contribution is -2.38. The summed E-state index contributed by atoms with van der Waals surface area (Å²) in [5, 5.41) is 14.8. The third kappa shape index (κ3) is 12.8. The van der Waals surface area contributed by atoms with Crippen molar-refractivity contribution in [3.05, 3.63) is 59.7 Å². The zero-order chi connectivity index (χ0) is 29.0. The number of carboxylic acid groups (broad SMARTS) is 2. The van der Waals surface area contributed by atoms with Crippen LogP contribution >= 0.6 is 0 Å². The number of nitrogens with zero attached hydrogens (tertiary/aromatic N) is 2. The fraction of sp³-hybridized carbons (Fsp3) is 0.429. The van der Waals surface area contributed by atoms with Crippen LogP contribution < -0.4 is 9.47 Å². The van der Waals surface area contributed by atoms with Gasteiger partial charge < -0.3 is 29.2 Å². The third-order valence-electron chi connectivity index (χ3n) is 5.81. The second-order valence-corrected chi connectivity index (χ2v) is 8.53. The van der Waals surface area contributed by atoms with Crippen molar-refractivity contribution in [1.82, 2.24) is 9.80 Å². The van der Waals surface area contributed by atoms with Crippen LogP contribution in [-0.4, -0.2) is 123 Å². The van der Waals surface area contributed by atoms with Crippen molar-refractivity contribution in [2.24, 2.45) is 0 Å². The van der Waals surface area contributed by atoms with Crippen LogP contribution in [0.25, 0.3) is 0 Å². The number of hydrogen-bond donors (Lipinski definition) is 2. The fourth-order valence-electron chi connectivity index (χ4n) is 3.64. The van der Waals surface area contributed by atoms with E-state index in [9.17, 15) is 9.59 Å². The standard InChI is InChI=1S/2C13H17NO3.C2H2O4/c2*15-11-12-3-1-2-4-13(12)17-10-7-14-5-8-16-9-6-14;3-1(4)2(5)6/h2*1-4,11H,5-10H2;(H,3,4)(H,5,6). The van der Waals surface area contributed by atoms with Crippen molar-refractivity contribution >= 4 is 24.5 Å². The number of para-hydroxylation sites is 2. The van der Waals surface area contributed by atoms with E-state index in [2.05, 4.69) is 9.80 Å². The molecule has 4 rings (SSSR count). The van der Waals surface area contributed by atoms with Crippen molar-refractivity contribution in [3.63, 3.8) is 0 Å². The highest BCUT2D eigenvalue weighted by Gasteiger charge is 2.11. The van der Waals surface area contributed by atoms with Gasteiger partial charge in [-0.15, -0.1) is 0 Å². The van der Waals surface area contributed by atoms with Gasteiger partial charge in [0, 0.05) is 39.3 Å². The predicted molar refractivity (Wildman–Crippen MR) is 144 cm³/mol. The van der Waals surface area contributed by atoms with Crippen LogP contribution in [0, 0.1) is 0 Å². The molecule has 2 heterocycles. The molecule has 0 atom stereocenters. The molecular weight excluding hydrogens is 524 g/mol. The van der Waals surface area contributed by atoms with E-state index in [-0.39, 0.29) is 0 Å². The van der Waals surface area contributed by atoms with Crippen molar-refractivity contribution in [2.45, 2.75) is 0 Å². The summed E-state index contributed by atoms with van der Waals surface area (Å²) in [5.74, 6) is -2.32. The quantitative estimate of drug-likeness (QED) is 0.320. The van der Waals surface area contributed by atoms with E-state index in [1.807, 2.05) is 36.4 Å². The highest BCUT2D eigenvalue weighted by atomic mass is 16.5. The largest absolute Gasteiger partial charge is 0.492 e. The third-order valence-corrected chi connectivity index (χ3v) is 5.81. The van der Waals surface area contributed by atoms with Crippen molar-refractivity contribution in [1.29, 1.82) is 0 Å². The van der Waals surface area contributed by atoms with Crippen molar-refractivity contribution in [3.8, 4) is 11.5 Å². The highest BCUT2D eigenvalue weighted by Crippen LogP contribution is 2.16. The maximum atomic E-state index is 10.8. The van der Waals surface area contributed by atoms with Crippen molar-refractivity contribution in [2.75, 3.05) is 78.9 Å². The molecule has 0 bridgehead atoms.